The quantitative estimate of drug-likeness (QED) is 0.405. The van der Waals surface area contributed by atoms with Gasteiger partial charge in [0.2, 0.25) is 5.91 Å². The molecule has 1 heterocycles. The molecule has 32 heavy (non-hydrogen) atoms. The zero-order chi connectivity index (χ0) is 21.8. The van der Waals surface area contributed by atoms with E-state index in [1.54, 1.807) is 0 Å². The third kappa shape index (κ3) is 4.20. The molecule has 0 saturated carbocycles. The Labute approximate surface area is 189 Å². The molecule has 0 aliphatic carbocycles. The molecule has 0 unspecified atom stereocenters. The highest BCUT2D eigenvalue weighted by Crippen LogP contribution is 2.31. The number of rotatable bonds is 5. The van der Waals surface area contributed by atoms with Gasteiger partial charge in [-0.1, -0.05) is 84.9 Å². The van der Waals surface area contributed by atoms with Crippen molar-refractivity contribution in [2.24, 2.45) is 0 Å². The maximum absolute atomic E-state index is 13.5. The Bertz CT molecular complexity index is 1080. The number of amides is 1. The van der Waals surface area contributed by atoms with Crippen LogP contribution in [0.2, 0.25) is 0 Å². The van der Waals surface area contributed by atoms with Gasteiger partial charge in [-0.05, 0) is 65.9 Å². The predicted molar refractivity (Wildman–Crippen MR) is 132 cm³/mol. The Morgan fingerprint density at radius 1 is 0.625 bits per heavy atom. The van der Waals surface area contributed by atoms with Crippen molar-refractivity contribution in [3.63, 3.8) is 0 Å². The Kier molecular flexibility index (Phi) is 5.82. The fraction of sp³-hybridized carbons (Fsp3) is 0.138. The van der Waals surface area contributed by atoms with Crippen molar-refractivity contribution in [1.29, 1.82) is 0 Å². The minimum atomic E-state index is -0.141. The van der Waals surface area contributed by atoms with Crippen molar-refractivity contribution in [3.8, 4) is 22.3 Å². The third-order valence-corrected chi connectivity index (χ3v) is 6.04. The number of carbonyl (C=O) groups is 1. The second-order valence-electron chi connectivity index (χ2n) is 8.15. The zero-order valence-corrected chi connectivity index (χ0v) is 17.9. The molecule has 1 fully saturated rings. The van der Waals surface area contributed by atoms with E-state index in [1.165, 1.54) is 11.1 Å². The summed E-state index contributed by atoms with van der Waals surface area (Å²) in [5.41, 5.74) is 6.38. The SMILES string of the molecule is O=C([C@H]1CCCN1)N(c1ccc(-c2ccccc2)cc1)c1ccc(-c2ccccc2)cc1. The van der Waals surface area contributed by atoms with Crippen molar-refractivity contribution < 1.29 is 4.79 Å². The van der Waals surface area contributed by atoms with Gasteiger partial charge in [0.05, 0.1) is 6.04 Å². The topological polar surface area (TPSA) is 32.3 Å². The Morgan fingerprint density at radius 3 is 1.47 bits per heavy atom. The lowest BCUT2D eigenvalue weighted by molar-refractivity contribution is -0.119. The van der Waals surface area contributed by atoms with Gasteiger partial charge in [0, 0.05) is 11.4 Å². The molecule has 1 atom stereocenters. The molecule has 1 aliphatic rings. The molecule has 0 radical (unpaired) electrons. The molecule has 3 heteroatoms. The number of benzene rings is 4. The van der Waals surface area contributed by atoms with Crippen LogP contribution in [0.25, 0.3) is 22.3 Å². The number of hydrogen-bond acceptors (Lipinski definition) is 2. The summed E-state index contributed by atoms with van der Waals surface area (Å²) in [5.74, 6) is 0.0995. The van der Waals surface area contributed by atoms with Gasteiger partial charge in [0.1, 0.15) is 0 Å². The van der Waals surface area contributed by atoms with Gasteiger partial charge in [-0.25, -0.2) is 0 Å². The van der Waals surface area contributed by atoms with Crippen LogP contribution in [0.15, 0.2) is 109 Å². The molecule has 5 rings (SSSR count). The summed E-state index contributed by atoms with van der Waals surface area (Å²) in [6, 6.07) is 37.0. The summed E-state index contributed by atoms with van der Waals surface area (Å²) >= 11 is 0. The van der Waals surface area contributed by atoms with E-state index < -0.39 is 0 Å². The number of hydrogen-bond donors (Lipinski definition) is 1. The van der Waals surface area contributed by atoms with Crippen molar-refractivity contribution in [2.45, 2.75) is 18.9 Å². The van der Waals surface area contributed by atoms with Gasteiger partial charge in [0.15, 0.2) is 0 Å². The van der Waals surface area contributed by atoms with E-state index in [0.29, 0.717) is 0 Å². The van der Waals surface area contributed by atoms with Gasteiger partial charge in [0.25, 0.3) is 0 Å². The van der Waals surface area contributed by atoms with Gasteiger partial charge in [-0.15, -0.1) is 0 Å². The van der Waals surface area contributed by atoms with Crippen LogP contribution in [0.4, 0.5) is 11.4 Å². The van der Waals surface area contributed by atoms with Crippen LogP contribution in [-0.4, -0.2) is 18.5 Å². The van der Waals surface area contributed by atoms with Gasteiger partial charge >= 0.3 is 0 Å². The fourth-order valence-corrected chi connectivity index (χ4v) is 4.32. The average molecular weight is 419 g/mol. The molecule has 1 aliphatic heterocycles. The lowest BCUT2D eigenvalue weighted by atomic mass is 10.0. The Balaban J connectivity index is 1.49. The van der Waals surface area contributed by atoms with Crippen LogP contribution in [0.3, 0.4) is 0 Å². The molecule has 4 aromatic rings. The van der Waals surface area contributed by atoms with E-state index in [0.717, 1.165) is 41.9 Å². The lowest BCUT2D eigenvalue weighted by Gasteiger charge is -2.26. The molecule has 4 aromatic carbocycles. The monoisotopic (exact) mass is 418 g/mol. The predicted octanol–water partition coefficient (Wildman–Crippen LogP) is 6.44. The second kappa shape index (κ2) is 9.21. The summed E-state index contributed by atoms with van der Waals surface area (Å²) in [4.78, 5) is 15.4. The molecular weight excluding hydrogens is 392 g/mol. The Hall–Kier alpha value is -3.69. The van der Waals surface area contributed by atoms with Crippen molar-refractivity contribution in [2.75, 3.05) is 11.4 Å². The fourth-order valence-electron chi connectivity index (χ4n) is 4.32. The highest BCUT2D eigenvalue weighted by Gasteiger charge is 2.29. The first-order valence-electron chi connectivity index (χ1n) is 11.2. The van der Waals surface area contributed by atoms with E-state index >= 15 is 0 Å². The van der Waals surface area contributed by atoms with Crippen LogP contribution < -0.4 is 10.2 Å². The van der Waals surface area contributed by atoms with Crippen LogP contribution >= 0.6 is 0 Å². The largest absolute Gasteiger partial charge is 0.306 e. The molecule has 1 N–H and O–H groups in total. The van der Waals surface area contributed by atoms with Crippen LogP contribution in [0, 0.1) is 0 Å². The lowest BCUT2D eigenvalue weighted by Crippen LogP contribution is -2.41. The molecule has 0 spiro atoms. The molecule has 1 saturated heterocycles. The standard InChI is InChI=1S/C29H26N2O/c32-29(28-12-7-21-30-28)31(26-17-13-24(14-18-26)22-8-3-1-4-9-22)27-19-15-25(16-20-27)23-10-5-2-6-11-23/h1-6,8-11,13-20,28,30H,7,12,21H2/t28-/m1/s1. The van der Waals surface area contributed by atoms with E-state index in [2.05, 4.69) is 53.8 Å². The number of anilines is 2. The summed E-state index contributed by atoms with van der Waals surface area (Å²) in [6.45, 7) is 0.893. The Morgan fingerprint density at radius 2 is 1.06 bits per heavy atom. The summed E-state index contributed by atoms with van der Waals surface area (Å²) < 4.78 is 0. The molecule has 158 valence electrons. The minimum Gasteiger partial charge on any atom is -0.306 e. The summed E-state index contributed by atoms with van der Waals surface area (Å²) in [7, 11) is 0. The maximum atomic E-state index is 13.5. The van der Waals surface area contributed by atoms with Gasteiger partial charge in [-0.2, -0.15) is 0 Å². The smallest absolute Gasteiger partial charge is 0.248 e. The number of nitrogens with zero attached hydrogens (tertiary/aromatic N) is 1. The van der Waals surface area contributed by atoms with Gasteiger partial charge < -0.3 is 5.32 Å². The van der Waals surface area contributed by atoms with E-state index in [-0.39, 0.29) is 11.9 Å². The highest BCUT2D eigenvalue weighted by atomic mass is 16.2. The third-order valence-electron chi connectivity index (χ3n) is 6.04. The zero-order valence-electron chi connectivity index (χ0n) is 17.9. The molecular formula is C29H26N2O. The summed E-state index contributed by atoms with van der Waals surface area (Å²) in [6.07, 6.45) is 1.91. The molecule has 1 amide bonds. The van der Waals surface area contributed by atoms with E-state index in [9.17, 15) is 4.79 Å². The van der Waals surface area contributed by atoms with Crippen molar-refractivity contribution in [3.05, 3.63) is 109 Å². The average Bonchev–Trinajstić information content (AvgIpc) is 3.41. The number of carbonyl (C=O) groups excluding carboxylic acids is 1. The second-order valence-corrected chi connectivity index (χ2v) is 8.15. The number of nitrogens with one attached hydrogen (secondary N) is 1. The van der Waals surface area contributed by atoms with E-state index in [1.807, 2.05) is 65.6 Å². The first kappa shape index (κ1) is 20.2. The molecule has 3 nitrogen and oxygen atoms in total. The van der Waals surface area contributed by atoms with Crippen LogP contribution in [0.5, 0.6) is 0 Å². The highest BCUT2D eigenvalue weighted by molar-refractivity contribution is 6.04. The normalized spacial score (nSPS) is 15.4. The minimum absolute atomic E-state index is 0.0995. The van der Waals surface area contributed by atoms with Gasteiger partial charge in [-0.3, -0.25) is 9.69 Å². The van der Waals surface area contributed by atoms with E-state index in [4.69, 9.17) is 0 Å². The van der Waals surface area contributed by atoms with Crippen molar-refractivity contribution in [1.82, 2.24) is 5.32 Å². The molecule has 0 aromatic heterocycles. The molecule has 0 bridgehead atoms. The van der Waals surface area contributed by atoms with Crippen molar-refractivity contribution >= 4 is 17.3 Å². The maximum Gasteiger partial charge on any atom is 0.248 e. The first-order chi connectivity index (χ1) is 15.8. The summed E-state index contributed by atoms with van der Waals surface area (Å²) in [5, 5.41) is 3.36. The van der Waals surface area contributed by atoms with Crippen LogP contribution in [-0.2, 0) is 4.79 Å². The first-order valence-corrected chi connectivity index (χ1v) is 11.2. The van der Waals surface area contributed by atoms with Crippen LogP contribution in [0.1, 0.15) is 12.8 Å².